The molecule has 0 spiro atoms. The van der Waals surface area contributed by atoms with Crippen molar-refractivity contribution in [3.63, 3.8) is 0 Å². The number of aromatic nitrogens is 2. The van der Waals surface area contributed by atoms with Crippen LogP contribution in [0.3, 0.4) is 0 Å². The lowest BCUT2D eigenvalue weighted by molar-refractivity contribution is 0.0465. The number of thiophene rings is 1. The summed E-state index contributed by atoms with van der Waals surface area (Å²) in [6, 6.07) is 11.0. The molecule has 0 unspecified atom stereocenters. The van der Waals surface area contributed by atoms with Crippen LogP contribution >= 0.6 is 22.9 Å². The molecule has 0 saturated heterocycles. The number of hydrogen-bond donors (Lipinski definition) is 0. The Morgan fingerprint density at radius 1 is 1.27 bits per heavy atom. The molecule has 3 aromatic rings. The third-order valence-corrected chi connectivity index (χ3v) is 4.08. The summed E-state index contributed by atoms with van der Waals surface area (Å²) in [5.74, 6) is 0.246. The predicted octanol–water partition coefficient (Wildman–Crippen LogP) is 4.12. The van der Waals surface area contributed by atoms with Crippen LogP contribution in [0.15, 0.2) is 40.9 Å². The molecule has 0 fully saturated rings. The number of nitrogens with zero attached hydrogens (tertiary/aromatic N) is 2. The topological polar surface area (TPSA) is 65.2 Å². The van der Waals surface area contributed by atoms with Gasteiger partial charge in [-0.15, -0.1) is 11.3 Å². The van der Waals surface area contributed by atoms with E-state index in [-0.39, 0.29) is 6.61 Å². The lowest BCUT2D eigenvalue weighted by atomic mass is 10.1. The lowest BCUT2D eigenvalue weighted by Crippen LogP contribution is -2.04. The molecule has 7 heteroatoms. The summed E-state index contributed by atoms with van der Waals surface area (Å²) < 4.78 is 10.8. The van der Waals surface area contributed by atoms with E-state index < -0.39 is 5.97 Å². The number of halogens is 1. The molecule has 0 radical (unpaired) electrons. The van der Waals surface area contributed by atoms with E-state index in [1.54, 1.807) is 12.1 Å². The van der Waals surface area contributed by atoms with Gasteiger partial charge in [-0.1, -0.05) is 34.5 Å². The van der Waals surface area contributed by atoms with Crippen LogP contribution in [0.2, 0.25) is 4.34 Å². The first-order valence-electron chi connectivity index (χ1n) is 6.44. The van der Waals surface area contributed by atoms with Gasteiger partial charge in [-0.2, -0.15) is 4.98 Å². The van der Waals surface area contributed by atoms with Crippen molar-refractivity contribution in [3.05, 3.63) is 57.0 Å². The summed E-state index contributed by atoms with van der Waals surface area (Å²) in [5.41, 5.74) is 1.97. The average molecular weight is 335 g/mol. The molecule has 22 heavy (non-hydrogen) atoms. The molecule has 0 N–H and O–H groups in total. The molecule has 0 aliphatic carbocycles. The van der Waals surface area contributed by atoms with E-state index in [0.717, 1.165) is 22.5 Å². The maximum atomic E-state index is 11.8. The molecule has 1 aromatic carbocycles. The van der Waals surface area contributed by atoms with Crippen molar-refractivity contribution >= 4 is 28.9 Å². The summed E-state index contributed by atoms with van der Waals surface area (Å²) in [6.45, 7) is 1.95. The Kier molecular flexibility index (Phi) is 4.22. The Morgan fingerprint density at radius 2 is 2.05 bits per heavy atom. The van der Waals surface area contributed by atoms with Crippen molar-refractivity contribution in [3.8, 4) is 11.5 Å². The highest BCUT2D eigenvalue weighted by Crippen LogP contribution is 2.22. The van der Waals surface area contributed by atoms with Gasteiger partial charge in [0.25, 0.3) is 5.89 Å². The Bertz CT molecular complexity index is 795. The van der Waals surface area contributed by atoms with Gasteiger partial charge < -0.3 is 9.26 Å². The van der Waals surface area contributed by atoms with Crippen molar-refractivity contribution in [1.82, 2.24) is 10.1 Å². The van der Waals surface area contributed by atoms with Crippen molar-refractivity contribution in [2.45, 2.75) is 13.5 Å². The van der Waals surface area contributed by atoms with Crippen LogP contribution in [0.5, 0.6) is 0 Å². The van der Waals surface area contributed by atoms with Gasteiger partial charge in [0.1, 0.15) is 4.88 Å². The maximum Gasteiger partial charge on any atom is 0.348 e. The molecular formula is C15H11ClN2O3S. The zero-order chi connectivity index (χ0) is 15.5. The molecule has 5 nitrogen and oxygen atoms in total. The summed E-state index contributed by atoms with van der Waals surface area (Å²) in [4.78, 5) is 16.4. The first-order valence-corrected chi connectivity index (χ1v) is 7.63. The highest BCUT2D eigenvalue weighted by molar-refractivity contribution is 7.17. The second kappa shape index (κ2) is 6.29. The van der Waals surface area contributed by atoms with Crippen molar-refractivity contribution in [2.75, 3.05) is 0 Å². The summed E-state index contributed by atoms with van der Waals surface area (Å²) >= 11 is 6.94. The minimum absolute atomic E-state index is 0.0519. The van der Waals surface area contributed by atoms with Gasteiger partial charge in [-0.25, -0.2) is 4.79 Å². The predicted molar refractivity (Wildman–Crippen MR) is 82.9 cm³/mol. The van der Waals surface area contributed by atoms with Gasteiger partial charge in [0.15, 0.2) is 6.61 Å². The van der Waals surface area contributed by atoms with E-state index >= 15 is 0 Å². The number of rotatable bonds is 4. The van der Waals surface area contributed by atoms with Crippen molar-refractivity contribution < 1.29 is 14.1 Å². The minimum atomic E-state index is -0.460. The molecule has 0 aliphatic heterocycles. The molecule has 0 bridgehead atoms. The normalized spacial score (nSPS) is 10.6. The number of benzene rings is 1. The Morgan fingerprint density at radius 3 is 2.73 bits per heavy atom. The highest BCUT2D eigenvalue weighted by Gasteiger charge is 2.13. The van der Waals surface area contributed by atoms with Crippen LogP contribution in [0.4, 0.5) is 0 Å². The quantitative estimate of drug-likeness (QED) is 0.671. The number of carbonyl (C=O) groups is 1. The van der Waals surface area contributed by atoms with E-state index in [1.807, 2.05) is 31.2 Å². The number of carbonyl (C=O) groups excluding carboxylic acids is 1. The monoisotopic (exact) mass is 334 g/mol. The van der Waals surface area contributed by atoms with Crippen LogP contribution < -0.4 is 0 Å². The molecule has 0 aliphatic rings. The first-order chi connectivity index (χ1) is 10.6. The average Bonchev–Trinajstić information content (AvgIpc) is 3.15. The summed E-state index contributed by atoms with van der Waals surface area (Å²) in [7, 11) is 0. The van der Waals surface area contributed by atoms with Crippen molar-refractivity contribution in [1.29, 1.82) is 0 Å². The molecule has 0 atom stereocenters. The molecule has 0 saturated carbocycles. The van der Waals surface area contributed by atoms with Gasteiger partial charge in [0.05, 0.1) is 4.34 Å². The molecule has 3 rings (SSSR count). The standard InChI is InChI=1S/C15H11ClN2O3S/c1-9-2-4-10(5-3-9)14-17-13(18-21-14)8-20-15(19)11-6-7-12(16)22-11/h2-7H,8H2,1H3. The number of hydrogen-bond acceptors (Lipinski definition) is 6. The smallest absolute Gasteiger partial charge is 0.348 e. The van der Waals surface area contributed by atoms with Crippen LogP contribution in [0.1, 0.15) is 21.1 Å². The number of ether oxygens (including phenoxy) is 1. The van der Waals surface area contributed by atoms with Gasteiger partial charge >= 0.3 is 5.97 Å². The third kappa shape index (κ3) is 3.35. The fraction of sp³-hybridized carbons (Fsp3) is 0.133. The molecule has 2 heterocycles. The first kappa shape index (κ1) is 14.7. The third-order valence-electron chi connectivity index (χ3n) is 2.87. The fourth-order valence-corrected chi connectivity index (χ4v) is 2.69. The van der Waals surface area contributed by atoms with E-state index in [9.17, 15) is 4.79 Å². The lowest BCUT2D eigenvalue weighted by Gasteiger charge is -1.98. The number of esters is 1. The zero-order valence-electron chi connectivity index (χ0n) is 11.6. The van der Waals surface area contributed by atoms with Gasteiger partial charge in [0.2, 0.25) is 5.82 Å². The maximum absolute atomic E-state index is 11.8. The van der Waals surface area contributed by atoms with Crippen molar-refractivity contribution in [2.24, 2.45) is 0 Å². The van der Waals surface area contributed by atoms with Crippen LogP contribution in [0, 0.1) is 6.92 Å². The Labute approximate surface area is 135 Å². The highest BCUT2D eigenvalue weighted by atomic mass is 35.5. The largest absolute Gasteiger partial charge is 0.453 e. The molecular weight excluding hydrogens is 324 g/mol. The second-order valence-corrected chi connectivity index (χ2v) is 6.28. The fourth-order valence-electron chi connectivity index (χ4n) is 1.75. The summed E-state index contributed by atoms with van der Waals surface area (Å²) in [5, 5.41) is 3.80. The van der Waals surface area contributed by atoms with E-state index in [0.29, 0.717) is 20.9 Å². The zero-order valence-corrected chi connectivity index (χ0v) is 13.1. The SMILES string of the molecule is Cc1ccc(-c2nc(COC(=O)c3ccc(Cl)s3)no2)cc1. The molecule has 2 aromatic heterocycles. The minimum Gasteiger partial charge on any atom is -0.453 e. The van der Waals surface area contributed by atoms with Gasteiger partial charge in [-0.3, -0.25) is 0 Å². The van der Waals surface area contributed by atoms with Crippen LogP contribution in [-0.4, -0.2) is 16.1 Å². The molecule has 0 amide bonds. The van der Waals surface area contributed by atoms with Crippen LogP contribution in [0.25, 0.3) is 11.5 Å². The Hall–Kier alpha value is -2.18. The van der Waals surface area contributed by atoms with E-state index in [4.69, 9.17) is 20.9 Å². The Balaban J connectivity index is 1.64. The van der Waals surface area contributed by atoms with Crippen LogP contribution in [-0.2, 0) is 11.3 Å². The van der Waals surface area contributed by atoms with E-state index in [2.05, 4.69) is 10.1 Å². The number of aryl methyl sites for hydroxylation is 1. The summed E-state index contributed by atoms with van der Waals surface area (Å²) in [6.07, 6.45) is 0. The van der Waals surface area contributed by atoms with Gasteiger partial charge in [-0.05, 0) is 31.2 Å². The molecule has 112 valence electrons. The second-order valence-electron chi connectivity index (χ2n) is 4.56. The van der Waals surface area contributed by atoms with Gasteiger partial charge in [0, 0.05) is 5.56 Å². The van der Waals surface area contributed by atoms with E-state index in [1.165, 1.54) is 0 Å².